The number of anilines is 2. The molecule has 1 aromatic carbocycles. The first-order chi connectivity index (χ1) is 10.9. The lowest BCUT2D eigenvalue weighted by Gasteiger charge is -2.41. The molecule has 1 saturated heterocycles. The average molecular weight is 347 g/mol. The molecule has 1 fully saturated rings. The molecule has 0 radical (unpaired) electrons. The number of alkyl halides is 3. The van der Waals surface area contributed by atoms with Gasteiger partial charge in [0, 0.05) is 13.0 Å². The van der Waals surface area contributed by atoms with E-state index in [4.69, 9.17) is 20.9 Å². The number of halogens is 3. The minimum atomic E-state index is -4.56. The van der Waals surface area contributed by atoms with Crippen LogP contribution in [0.2, 0.25) is 0 Å². The number of nitrogen functional groups attached to an aromatic ring is 2. The normalized spacial score (nSPS) is 18.1. The number of hydrogen-bond donors (Lipinski definition) is 2. The maximum Gasteiger partial charge on any atom is 0.416 e. The first-order valence-electron chi connectivity index (χ1n) is 7.31. The number of carbonyl (C=O) groups excluding carboxylic acids is 1. The fourth-order valence-corrected chi connectivity index (χ4v) is 2.13. The number of hydrogen-bond acceptors (Lipinski definition) is 5. The molecule has 1 aromatic rings. The zero-order chi connectivity index (χ0) is 18.3. The van der Waals surface area contributed by atoms with Crippen molar-refractivity contribution in [1.29, 1.82) is 0 Å². The zero-order valence-electron chi connectivity index (χ0n) is 13.6. The maximum atomic E-state index is 12.7. The molecule has 0 bridgehead atoms. The fourth-order valence-electron chi connectivity index (χ4n) is 2.13. The molecular weight excluding hydrogens is 327 g/mol. The van der Waals surface area contributed by atoms with Gasteiger partial charge in [-0.3, -0.25) is 4.90 Å². The van der Waals surface area contributed by atoms with E-state index in [1.54, 1.807) is 20.8 Å². The predicted octanol–water partition coefficient (Wildman–Crippen LogP) is 3.22. The van der Waals surface area contributed by atoms with Gasteiger partial charge in [0.2, 0.25) is 0 Å². The Labute approximate surface area is 137 Å². The third kappa shape index (κ3) is 3.95. The SMILES string of the molecule is CC(C)(C)OC(=O)N1CCC1Oc1c(N)cc(C(F)(F)F)cc1N. The minimum absolute atomic E-state index is 0.0683. The van der Waals surface area contributed by atoms with Crippen LogP contribution in [0.4, 0.5) is 29.3 Å². The fraction of sp³-hybridized carbons (Fsp3) is 0.533. The number of rotatable bonds is 2. The quantitative estimate of drug-likeness (QED) is 0.802. The molecule has 2 rings (SSSR count). The smallest absolute Gasteiger partial charge is 0.416 e. The maximum absolute atomic E-state index is 12.7. The second-order valence-corrected chi connectivity index (χ2v) is 6.52. The van der Waals surface area contributed by atoms with Gasteiger partial charge >= 0.3 is 12.3 Å². The molecule has 24 heavy (non-hydrogen) atoms. The molecule has 1 heterocycles. The van der Waals surface area contributed by atoms with Gasteiger partial charge in [-0.25, -0.2) is 4.79 Å². The summed E-state index contributed by atoms with van der Waals surface area (Å²) in [5.74, 6) is -0.0683. The number of nitrogens with two attached hydrogens (primary N) is 2. The van der Waals surface area contributed by atoms with Gasteiger partial charge in [0.05, 0.1) is 16.9 Å². The molecule has 4 N–H and O–H groups in total. The van der Waals surface area contributed by atoms with Gasteiger partial charge in [0.15, 0.2) is 12.0 Å². The predicted molar refractivity (Wildman–Crippen MR) is 82.2 cm³/mol. The van der Waals surface area contributed by atoms with Crippen molar-refractivity contribution in [3.8, 4) is 5.75 Å². The number of ether oxygens (including phenoxy) is 2. The van der Waals surface area contributed by atoms with Crippen molar-refractivity contribution >= 4 is 17.5 Å². The Balaban J connectivity index is 2.13. The van der Waals surface area contributed by atoms with Crippen LogP contribution < -0.4 is 16.2 Å². The molecule has 6 nitrogen and oxygen atoms in total. The molecule has 0 spiro atoms. The molecule has 1 unspecified atom stereocenters. The van der Waals surface area contributed by atoms with Gasteiger partial charge in [0.1, 0.15) is 5.60 Å². The van der Waals surface area contributed by atoms with Crippen LogP contribution in [0, 0.1) is 0 Å². The molecule has 134 valence electrons. The molecule has 1 aliphatic heterocycles. The van der Waals surface area contributed by atoms with Gasteiger partial charge in [-0.1, -0.05) is 0 Å². The Kier molecular flexibility index (Phi) is 4.47. The summed E-state index contributed by atoms with van der Waals surface area (Å²) in [4.78, 5) is 13.3. The molecule has 0 aromatic heterocycles. The number of nitrogens with zero attached hydrogens (tertiary/aromatic N) is 1. The Morgan fingerprint density at radius 1 is 1.21 bits per heavy atom. The molecule has 0 aliphatic carbocycles. The van der Waals surface area contributed by atoms with E-state index < -0.39 is 29.7 Å². The van der Waals surface area contributed by atoms with Crippen molar-refractivity contribution in [3.05, 3.63) is 17.7 Å². The van der Waals surface area contributed by atoms with Crippen LogP contribution >= 0.6 is 0 Å². The largest absolute Gasteiger partial charge is 0.466 e. The van der Waals surface area contributed by atoms with E-state index in [-0.39, 0.29) is 17.1 Å². The van der Waals surface area contributed by atoms with Crippen LogP contribution in [-0.2, 0) is 10.9 Å². The van der Waals surface area contributed by atoms with Crippen LogP contribution in [0.3, 0.4) is 0 Å². The van der Waals surface area contributed by atoms with E-state index in [1.165, 1.54) is 4.90 Å². The summed E-state index contributed by atoms with van der Waals surface area (Å²) in [6.07, 6.45) is -5.30. The Bertz CT molecular complexity index is 618. The Morgan fingerprint density at radius 3 is 2.12 bits per heavy atom. The summed E-state index contributed by atoms with van der Waals surface area (Å²) in [6.45, 7) is 5.60. The highest BCUT2D eigenvalue weighted by atomic mass is 19.4. The van der Waals surface area contributed by atoms with Gasteiger partial charge in [0.25, 0.3) is 0 Å². The van der Waals surface area contributed by atoms with Crippen molar-refractivity contribution in [2.45, 2.75) is 45.2 Å². The molecule has 0 saturated carbocycles. The summed E-state index contributed by atoms with van der Waals surface area (Å²) in [5, 5.41) is 0. The lowest BCUT2D eigenvalue weighted by atomic mass is 10.1. The first kappa shape index (κ1) is 18.0. The van der Waals surface area contributed by atoms with Crippen molar-refractivity contribution in [3.63, 3.8) is 0 Å². The number of likely N-dealkylation sites (tertiary alicyclic amines) is 1. The van der Waals surface area contributed by atoms with Crippen molar-refractivity contribution in [2.75, 3.05) is 18.0 Å². The number of benzene rings is 1. The summed E-state index contributed by atoms with van der Waals surface area (Å²) in [7, 11) is 0. The molecule has 9 heteroatoms. The van der Waals surface area contributed by atoms with E-state index in [9.17, 15) is 18.0 Å². The van der Waals surface area contributed by atoms with Crippen LogP contribution in [0.15, 0.2) is 12.1 Å². The highest BCUT2D eigenvalue weighted by Gasteiger charge is 2.38. The Morgan fingerprint density at radius 2 is 1.75 bits per heavy atom. The van der Waals surface area contributed by atoms with Gasteiger partial charge in [-0.15, -0.1) is 0 Å². The highest BCUT2D eigenvalue weighted by molar-refractivity contribution is 5.71. The van der Waals surface area contributed by atoms with E-state index in [0.29, 0.717) is 13.0 Å². The number of carbonyl (C=O) groups is 1. The van der Waals surface area contributed by atoms with Crippen molar-refractivity contribution < 1.29 is 27.4 Å². The lowest BCUT2D eigenvalue weighted by molar-refractivity contribution is -0.137. The monoisotopic (exact) mass is 347 g/mol. The van der Waals surface area contributed by atoms with E-state index in [1.807, 2.05) is 0 Å². The number of amides is 1. The van der Waals surface area contributed by atoms with E-state index in [2.05, 4.69) is 0 Å². The van der Waals surface area contributed by atoms with E-state index >= 15 is 0 Å². The van der Waals surface area contributed by atoms with Gasteiger partial charge < -0.3 is 20.9 Å². The second kappa shape index (κ2) is 5.95. The third-order valence-electron chi connectivity index (χ3n) is 3.32. The summed E-state index contributed by atoms with van der Waals surface area (Å²) >= 11 is 0. The highest BCUT2D eigenvalue weighted by Crippen LogP contribution is 2.39. The van der Waals surface area contributed by atoms with Crippen molar-refractivity contribution in [1.82, 2.24) is 4.90 Å². The molecular formula is C15H20F3N3O3. The molecule has 1 amide bonds. The first-order valence-corrected chi connectivity index (χ1v) is 7.31. The van der Waals surface area contributed by atoms with Crippen LogP contribution in [-0.4, -0.2) is 29.4 Å². The zero-order valence-corrected chi connectivity index (χ0v) is 13.6. The summed E-state index contributed by atoms with van der Waals surface area (Å²) in [5.41, 5.74) is 9.16. The Hall–Kier alpha value is -2.32. The minimum Gasteiger partial charge on any atom is -0.466 e. The van der Waals surface area contributed by atoms with Crippen LogP contribution in [0.25, 0.3) is 0 Å². The van der Waals surface area contributed by atoms with Crippen molar-refractivity contribution in [2.24, 2.45) is 0 Å². The van der Waals surface area contributed by atoms with Crippen LogP contribution in [0.1, 0.15) is 32.8 Å². The summed E-state index contributed by atoms with van der Waals surface area (Å²) < 4.78 is 48.9. The second-order valence-electron chi connectivity index (χ2n) is 6.52. The summed E-state index contributed by atoms with van der Waals surface area (Å²) in [6, 6.07) is 1.50. The van der Waals surface area contributed by atoms with E-state index in [0.717, 1.165) is 12.1 Å². The molecule has 1 atom stereocenters. The molecule has 1 aliphatic rings. The standard InChI is InChI=1S/C15H20F3N3O3/c1-14(2,3)24-13(22)21-5-4-11(21)23-12-9(19)6-8(7-10(12)20)15(16,17)18/h6-7,11H,4-5,19-20H2,1-3H3. The van der Waals surface area contributed by atoms with Gasteiger partial charge in [-0.2, -0.15) is 13.2 Å². The van der Waals surface area contributed by atoms with Gasteiger partial charge in [-0.05, 0) is 32.9 Å². The van der Waals surface area contributed by atoms with Crippen LogP contribution in [0.5, 0.6) is 5.75 Å². The third-order valence-corrected chi connectivity index (χ3v) is 3.32. The average Bonchev–Trinajstić information content (AvgIpc) is 2.32. The topological polar surface area (TPSA) is 90.8 Å². The lowest BCUT2D eigenvalue weighted by Crippen LogP contribution is -2.55.